The number of hydrogen-bond acceptors (Lipinski definition) is 8. The van der Waals surface area contributed by atoms with Gasteiger partial charge in [-0.3, -0.25) is 9.52 Å². The predicted octanol–water partition coefficient (Wildman–Crippen LogP) is 3.56. The molecule has 160 valence electrons. The largest absolute Gasteiger partial charge is 0.497 e. The van der Waals surface area contributed by atoms with E-state index in [0.29, 0.717) is 16.0 Å². The van der Waals surface area contributed by atoms with Gasteiger partial charge in [-0.1, -0.05) is 11.8 Å². The first-order valence-electron chi connectivity index (χ1n) is 8.92. The molecular weight excluding hydrogens is 458 g/mol. The summed E-state index contributed by atoms with van der Waals surface area (Å²) in [6, 6.07) is 11.4. The van der Waals surface area contributed by atoms with Gasteiger partial charge < -0.3 is 15.0 Å². The molecule has 12 heteroatoms. The normalized spacial score (nSPS) is 11.4. The summed E-state index contributed by atoms with van der Waals surface area (Å²) in [7, 11) is -2.14. The number of rotatable bonds is 8. The molecule has 0 aliphatic carbocycles. The highest BCUT2D eigenvalue weighted by molar-refractivity contribution is 7.99. The molecule has 0 radical (unpaired) electrons. The van der Waals surface area contributed by atoms with E-state index in [1.807, 2.05) is 18.2 Å². The Balaban J connectivity index is 1.34. The number of sulfonamides is 1. The zero-order chi connectivity index (χ0) is 21.8. The van der Waals surface area contributed by atoms with E-state index in [4.69, 9.17) is 4.74 Å². The van der Waals surface area contributed by atoms with E-state index in [9.17, 15) is 13.2 Å². The van der Waals surface area contributed by atoms with Crippen LogP contribution in [-0.4, -0.2) is 42.1 Å². The minimum absolute atomic E-state index is 0.0766. The fraction of sp³-hybridized carbons (Fsp3) is 0.105. The molecule has 2 aromatic carbocycles. The first-order chi connectivity index (χ1) is 14.9. The molecule has 3 N–H and O–H groups in total. The van der Waals surface area contributed by atoms with Crippen molar-refractivity contribution in [3.63, 3.8) is 0 Å². The number of carbonyl (C=O) groups is 1. The van der Waals surface area contributed by atoms with Gasteiger partial charge in [-0.2, -0.15) is 0 Å². The number of ether oxygens (including phenoxy) is 1. The molecule has 4 rings (SSSR count). The Bertz CT molecular complexity index is 1300. The molecule has 0 aliphatic heterocycles. The van der Waals surface area contributed by atoms with Crippen molar-refractivity contribution in [1.82, 2.24) is 15.0 Å². The minimum Gasteiger partial charge on any atom is -0.497 e. The monoisotopic (exact) mass is 475 g/mol. The number of aromatic nitrogens is 3. The van der Waals surface area contributed by atoms with E-state index in [1.54, 1.807) is 12.5 Å². The van der Waals surface area contributed by atoms with Gasteiger partial charge in [0.1, 0.15) is 5.75 Å². The average molecular weight is 476 g/mol. The van der Waals surface area contributed by atoms with Gasteiger partial charge in [-0.25, -0.2) is 18.4 Å². The quantitative estimate of drug-likeness (QED) is 0.333. The number of aromatic amines is 1. The van der Waals surface area contributed by atoms with E-state index >= 15 is 0 Å². The van der Waals surface area contributed by atoms with Crippen LogP contribution in [0.3, 0.4) is 0 Å². The summed E-state index contributed by atoms with van der Waals surface area (Å²) < 4.78 is 32.3. The molecule has 4 aromatic rings. The standard InChI is InChI=1S/C19H17N5O4S3/c1-28-13-4-7-15-16(10-13)23-19(22-15)30-11-17(25)21-12-2-5-14(6-3-12)31(26,27)24-18-20-8-9-29-18/h2-10H,11H2,1H3,(H,20,24)(H,21,25)(H,22,23). The van der Waals surface area contributed by atoms with E-state index < -0.39 is 10.0 Å². The van der Waals surface area contributed by atoms with Crippen molar-refractivity contribution in [2.45, 2.75) is 10.1 Å². The third kappa shape index (κ3) is 5.16. The summed E-state index contributed by atoms with van der Waals surface area (Å²) in [6.45, 7) is 0. The zero-order valence-corrected chi connectivity index (χ0v) is 18.6. The van der Waals surface area contributed by atoms with Crippen molar-refractivity contribution in [2.75, 3.05) is 22.9 Å². The molecule has 0 saturated carbocycles. The lowest BCUT2D eigenvalue weighted by Gasteiger charge is -2.07. The van der Waals surface area contributed by atoms with Crippen LogP contribution in [-0.2, 0) is 14.8 Å². The summed E-state index contributed by atoms with van der Waals surface area (Å²) in [5, 5.41) is 5.33. The summed E-state index contributed by atoms with van der Waals surface area (Å²) >= 11 is 2.45. The second kappa shape index (κ2) is 8.96. The fourth-order valence-corrected chi connectivity index (χ4v) is 5.13. The van der Waals surface area contributed by atoms with Crippen molar-refractivity contribution in [1.29, 1.82) is 0 Å². The van der Waals surface area contributed by atoms with E-state index in [1.165, 1.54) is 53.6 Å². The minimum atomic E-state index is -3.73. The number of imidazole rings is 1. The Hall–Kier alpha value is -3.09. The van der Waals surface area contributed by atoms with Gasteiger partial charge in [0.2, 0.25) is 5.91 Å². The Morgan fingerprint density at radius 2 is 2.03 bits per heavy atom. The van der Waals surface area contributed by atoms with Crippen molar-refractivity contribution in [3.8, 4) is 5.75 Å². The molecule has 0 unspecified atom stereocenters. The summed E-state index contributed by atoms with van der Waals surface area (Å²) in [5.74, 6) is 0.625. The van der Waals surface area contributed by atoms with Gasteiger partial charge in [-0.05, 0) is 36.4 Å². The van der Waals surface area contributed by atoms with Gasteiger partial charge in [0, 0.05) is 23.3 Å². The fourth-order valence-electron chi connectivity index (χ4n) is 2.66. The zero-order valence-electron chi connectivity index (χ0n) is 16.2. The summed E-state index contributed by atoms with van der Waals surface area (Å²) in [5.41, 5.74) is 2.10. The van der Waals surface area contributed by atoms with Crippen molar-refractivity contribution >= 4 is 60.9 Å². The van der Waals surface area contributed by atoms with Crippen LogP contribution >= 0.6 is 23.1 Å². The smallest absolute Gasteiger partial charge is 0.263 e. The Morgan fingerprint density at radius 3 is 2.74 bits per heavy atom. The number of nitrogens with zero attached hydrogens (tertiary/aromatic N) is 2. The van der Waals surface area contributed by atoms with Crippen molar-refractivity contribution in [2.24, 2.45) is 0 Å². The van der Waals surface area contributed by atoms with Gasteiger partial charge in [0.25, 0.3) is 10.0 Å². The third-order valence-electron chi connectivity index (χ3n) is 4.11. The van der Waals surface area contributed by atoms with Crippen LogP contribution in [0.5, 0.6) is 5.75 Å². The number of thiazole rings is 1. The van der Waals surface area contributed by atoms with Crippen LogP contribution < -0.4 is 14.8 Å². The predicted molar refractivity (Wildman–Crippen MR) is 121 cm³/mol. The summed E-state index contributed by atoms with van der Waals surface area (Å²) in [6.07, 6.45) is 1.52. The van der Waals surface area contributed by atoms with Crippen molar-refractivity contribution in [3.05, 3.63) is 54.0 Å². The van der Waals surface area contributed by atoms with Crippen LogP contribution in [0.1, 0.15) is 0 Å². The molecular formula is C19H17N5O4S3. The molecule has 1 amide bonds. The molecule has 0 saturated heterocycles. The topological polar surface area (TPSA) is 126 Å². The van der Waals surface area contributed by atoms with Crippen LogP contribution in [0.2, 0.25) is 0 Å². The Morgan fingerprint density at radius 1 is 1.23 bits per heavy atom. The summed E-state index contributed by atoms with van der Waals surface area (Å²) in [4.78, 5) is 23.8. The molecule has 9 nitrogen and oxygen atoms in total. The van der Waals surface area contributed by atoms with Crippen LogP contribution in [0.4, 0.5) is 10.8 Å². The van der Waals surface area contributed by atoms with E-state index in [2.05, 4.69) is 25.0 Å². The number of hydrogen-bond donors (Lipinski definition) is 3. The molecule has 0 fully saturated rings. The maximum Gasteiger partial charge on any atom is 0.263 e. The van der Waals surface area contributed by atoms with Gasteiger partial charge in [-0.15, -0.1) is 11.3 Å². The van der Waals surface area contributed by atoms with Gasteiger partial charge >= 0.3 is 0 Å². The maximum absolute atomic E-state index is 12.4. The number of methoxy groups -OCH3 is 1. The van der Waals surface area contributed by atoms with Gasteiger partial charge in [0.05, 0.1) is 28.8 Å². The maximum atomic E-state index is 12.4. The average Bonchev–Trinajstić information content (AvgIpc) is 3.41. The lowest BCUT2D eigenvalue weighted by Crippen LogP contribution is -2.15. The highest BCUT2D eigenvalue weighted by atomic mass is 32.2. The number of thioether (sulfide) groups is 1. The Labute approximate surface area is 186 Å². The van der Waals surface area contributed by atoms with Crippen LogP contribution in [0.15, 0.2) is 64.1 Å². The third-order valence-corrected chi connectivity index (χ3v) is 7.16. The molecule has 0 atom stereocenters. The lowest BCUT2D eigenvalue weighted by molar-refractivity contribution is -0.113. The van der Waals surface area contributed by atoms with Crippen LogP contribution in [0, 0.1) is 0 Å². The number of fused-ring (bicyclic) bond motifs is 1. The second-order valence-electron chi connectivity index (χ2n) is 6.23. The molecule has 0 bridgehead atoms. The van der Waals surface area contributed by atoms with Gasteiger partial charge in [0.15, 0.2) is 10.3 Å². The second-order valence-corrected chi connectivity index (χ2v) is 9.77. The lowest BCUT2D eigenvalue weighted by atomic mass is 10.3. The molecule has 31 heavy (non-hydrogen) atoms. The SMILES string of the molecule is COc1ccc2nc(SCC(=O)Nc3ccc(S(=O)(=O)Nc4nccs4)cc3)[nH]c2c1. The van der Waals surface area contributed by atoms with E-state index in [0.717, 1.165) is 16.8 Å². The molecule has 0 spiro atoms. The number of carbonyl (C=O) groups excluding carboxylic acids is 1. The number of benzene rings is 2. The molecule has 2 heterocycles. The Kier molecular flexibility index (Phi) is 6.11. The molecule has 0 aliphatic rings. The molecule has 2 aromatic heterocycles. The highest BCUT2D eigenvalue weighted by Gasteiger charge is 2.15. The number of H-pyrrole nitrogens is 1. The van der Waals surface area contributed by atoms with E-state index in [-0.39, 0.29) is 16.6 Å². The first kappa shape index (κ1) is 21.2. The number of anilines is 2. The number of nitrogens with one attached hydrogen (secondary N) is 3. The highest BCUT2D eigenvalue weighted by Crippen LogP contribution is 2.24. The first-order valence-corrected chi connectivity index (χ1v) is 12.3. The number of amides is 1. The van der Waals surface area contributed by atoms with Crippen molar-refractivity contribution < 1.29 is 17.9 Å². The van der Waals surface area contributed by atoms with Crippen LogP contribution in [0.25, 0.3) is 11.0 Å².